The maximum atomic E-state index is 13.5. The molecule has 2 nitrogen and oxygen atoms in total. The molecule has 138 valence electrons. The highest BCUT2D eigenvalue weighted by molar-refractivity contribution is 6.42. The zero-order valence-corrected chi connectivity index (χ0v) is 15.9. The number of hydrogen-bond acceptors (Lipinski definition) is 2. The molecule has 0 saturated heterocycles. The topological polar surface area (TPSA) is 29.1 Å². The van der Waals surface area contributed by atoms with E-state index < -0.39 is 17.7 Å². The third-order valence-electron chi connectivity index (χ3n) is 3.84. The Morgan fingerprint density at radius 1 is 0.815 bits per heavy atom. The SMILES string of the molecule is O=C(c1ccc(Cl)cc1)C(Nc1cc(F)cc(F)c1)c1ccc(Cl)c(Cl)c1. The predicted molar refractivity (Wildman–Crippen MR) is 105 cm³/mol. The third-order valence-corrected chi connectivity index (χ3v) is 4.83. The minimum Gasteiger partial charge on any atom is -0.371 e. The van der Waals surface area contributed by atoms with Gasteiger partial charge in [0.2, 0.25) is 0 Å². The van der Waals surface area contributed by atoms with Crippen molar-refractivity contribution in [1.29, 1.82) is 0 Å². The molecule has 0 aliphatic rings. The van der Waals surface area contributed by atoms with Crippen LogP contribution in [0.5, 0.6) is 0 Å². The Labute approximate surface area is 169 Å². The number of nitrogens with one attached hydrogen (secondary N) is 1. The lowest BCUT2D eigenvalue weighted by Crippen LogP contribution is -2.21. The molecule has 1 unspecified atom stereocenters. The fourth-order valence-electron chi connectivity index (χ4n) is 2.58. The summed E-state index contributed by atoms with van der Waals surface area (Å²) in [7, 11) is 0. The lowest BCUT2D eigenvalue weighted by molar-refractivity contribution is 0.0969. The molecular formula is C20H12Cl3F2NO. The smallest absolute Gasteiger partial charge is 0.189 e. The molecule has 3 aromatic carbocycles. The van der Waals surface area contributed by atoms with Gasteiger partial charge in [0, 0.05) is 22.3 Å². The Morgan fingerprint density at radius 2 is 1.44 bits per heavy atom. The molecule has 0 heterocycles. The molecule has 0 fully saturated rings. The summed E-state index contributed by atoms with van der Waals surface area (Å²) >= 11 is 17.9. The normalized spacial score (nSPS) is 11.9. The number of halogens is 5. The number of anilines is 1. The van der Waals surface area contributed by atoms with Crippen LogP contribution in [0.15, 0.2) is 60.7 Å². The minimum atomic E-state index is -0.942. The van der Waals surface area contributed by atoms with Gasteiger partial charge >= 0.3 is 0 Å². The van der Waals surface area contributed by atoms with Gasteiger partial charge < -0.3 is 5.32 Å². The van der Waals surface area contributed by atoms with Crippen LogP contribution in [0, 0.1) is 11.6 Å². The number of carbonyl (C=O) groups is 1. The van der Waals surface area contributed by atoms with Crippen molar-refractivity contribution in [1.82, 2.24) is 0 Å². The molecule has 3 rings (SSSR count). The van der Waals surface area contributed by atoms with Crippen LogP contribution in [-0.4, -0.2) is 5.78 Å². The standard InChI is InChI=1S/C20H12Cl3F2NO/c21-13-4-1-11(2-5-13)20(27)19(12-3-6-17(22)18(23)7-12)26-16-9-14(24)8-15(25)10-16/h1-10,19,26H. The fourth-order valence-corrected chi connectivity index (χ4v) is 3.01. The van der Waals surface area contributed by atoms with Gasteiger partial charge in [-0.3, -0.25) is 4.79 Å². The maximum Gasteiger partial charge on any atom is 0.189 e. The van der Waals surface area contributed by atoms with Crippen molar-refractivity contribution in [3.05, 3.63) is 98.5 Å². The molecule has 7 heteroatoms. The Balaban J connectivity index is 2.03. The Morgan fingerprint density at radius 3 is 2.04 bits per heavy atom. The van der Waals surface area contributed by atoms with Gasteiger partial charge in [-0.25, -0.2) is 8.78 Å². The van der Waals surface area contributed by atoms with Crippen LogP contribution < -0.4 is 5.32 Å². The first-order valence-corrected chi connectivity index (χ1v) is 8.94. The van der Waals surface area contributed by atoms with Crippen molar-refractivity contribution in [2.24, 2.45) is 0 Å². The number of rotatable bonds is 5. The van der Waals surface area contributed by atoms with E-state index >= 15 is 0 Å². The molecule has 0 aliphatic heterocycles. The average molecular weight is 427 g/mol. The van der Waals surface area contributed by atoms with Gasteiger partial charge in [0.05, 0.1) is 10.0 Å². The molecule has 3 aromatic rings. The highest BCUT2D eigenvalue weighted by Crippen LogP contribution is 2.30. The lowest BCUT2D eigenvalue weighted by Gasteiger charge is -2.20. The zero-order valence-electron chi connectivity index (χ0n) is 13.6. The summed E-state index contributed by atoms with van der Waals surface area (Å²) in [6.07, 6.45) is 0. The summed E-state index contributed by atoms with van der Waals surface area (Å²) in [5, 5.41) is 3.94. The first kappa shape index (κ1) is 19.6. The van der Waals surface area contributed by atoms with Crippen LogP contribution in [0.1, 0.15) is 22.0 Å². The first-order valence-electron chi connectivity index (χ1n) is 7.81. The van der Waals surface area contributed by atoms with Gasteiger partial charge in [-0.2, -0.15) is 0 Å². The van der Waals surface area contributed by atoms with Crippen LogP contribution in [0.4, 0.5) is 14.5 Å². The third kappa shape index (κ3) is 4.78. The lowest BCUT2D eigenvalue weighted by atomic mass is 9.97. The van der Waals surface area contributed by atoms with Gasteiger partial charge in [-0.05, 0) is 54.1 Å². The summed E-state index contributed by atoms with van der Waals surface area (Å²) in [5.41, 5.74) is 0.986. The van der Waals surface area contributed by atoms with Crippen LogP contribution >= 0.6 is 34.8 Å². The van der Waals surface area contributed by atoms with E-state index in [0.717, 1.165) is 18.2 Å². The molecule has 1 N–H and O–H groups in total. The van der Waals surface area contributed by atoms with Gasteiger partial charge in [0.15, 0.2) is 5.78 Å². The highest BCUT2D eigenvalue weighted by Gasteiger charge is 2.23. The fraction of sp³-hybridized carbons (Fsp3) is 0.0500. The molecule has 0 bridgehead atoms. The molecule has 1 atom stereocenters. The summed E-state index contributed by atoms with van der Waals surface area (Å²) in [6, 6.07) is 13.0. The molecule has 0 spiro atoms. The molecule has 27 heavy (non-hydrogen) atoms. The molecule has 0 radical (unpaired) electrons. The second-order valence-corrected chi connectivity index (χ2v) is 7.03. The molecule has 0 aliphatic carbocycles. The number of benzene rings is 3. The summed E-state index contributed by atoms with van der Waals surface area (Å²) in [4.78, 5) is 13.1. The molecule has 0 saturated carbocycles. The van der Waals surface area contributed by atoms with Crippen molar-refractivity contribution in [3.63, 3.8) is 0 Å². The second kappa shape index (κ2) is 8.26. The van der Waals surface area contributed by atoms with Gasteiger partial charge in [0.25, 0.3) is 0 Å². The van der Waals surface area contributed by atoms with Crippen molar-refractivity contribution in [2.45, 2.75) is 6.04 Å². The predicted octanol–water partition coefficient (Wildman–Crippen LogP) is 6.96. The van der Waals surface area contributed by atoms with E-state index in [2.05, 4.69) is 5.32 Å². The van der Waals surface area contributed by atoms with Crippen LogP contribution in [0.2, 0.25) is 15.1 Å². The van der Waals surface area contributed by atoms with E-state index in [4.69, 9.17) is 34.8 Å². The highest BCUT2D eigenvalue weighted by atomic mass is 35.5. The average Bonchev–Trinajstić information content (AvgIpc) is 2.61. The van der Waals surface area contributed by atoms with Crippen LogP contribution in [0.25, 0.3) is 0 Å². The van der Waals surface area contributed by atoms with E-state index in [1.807, 2.05) is 0 Å². The van der Waals surface area contributed by atoms with Crippen molar-refractivity contribution < 1.29 is 13.6 Å². The van der Waals surface area contributed by atoms with Gasteiger partial charge in [0.1, 0.15) is 17.7 Å². The summed E-state index contributed by atoms with van der Waals surface area (Å²) < 4.78 is 27.1. The van der Waals surface area contributed by atoms with E-state index in [-0.39, 0.29) is 16.5 Å². The van der Waals surface area contributed by atoms with Gasteiger partial charge in [-0.15, -0.1) is 0 Å². The van der Waals surface area contributed by atoms with Gasteiger partial charge in [-0.1, -0.05) is 40.9 Å². The largest absolute Gasteiger partial charge is 0.371 e. The van der Waals surface area contributed by atoms with E-state index in [0.29, 0.717) is 21.2 Å². The Hall–Kier alpha value is -2.14. The van der Waals surface area contributed by atoms with Crippen molar-refractivity contribution in [2.75, 3.05) is 5.32 Å². The van der Waals surface area contributed by atoms with E-state index in [1.165, 1.54) is 6.07 Å². The van der Waals surface area contributed by atoms with E-state index in [1.54, 1.807) is 36.4 Å². The number of ketones is 1. The van der Waals surface area contributed by atoms with Crippen molar-refractivity contribution >= 4 is 46.3 Å². The Bertz CT molecular complexity index is 973. The van der Waals surface area contributed by atoms with Crippen LogP contribution in [0.3, 0.4) is 0 Å². The van der Waals surface area contributed by atoms with E-state index in [9.17, 15) is 13.6 Å². The van der Waals surface area contributed by atoms with Crippen molar-refractivity contribution in [3.8, 4) is 0 Å². The molecule has 0 aromatic heterocycles. The Kier molecular flexibility index (Phi) is 6.00. The number of Topliss-reactive ketones (excluding diaryl/α,β-unsaturated/α-hetero) is 1. The minimum absolute atomic E-state index is 0.117. The number of hydrogen-bond donors (Lipinski definition) is 1. The molecule has 0 amide bonds. The maximum absolute atomic E-state index is 13.5. The molecular weight excluding hydrogens is 415 g/mol. The summed E-state index contributed by atoms with van der Waals surface area (Å²) in [6.45, 7) is 0. The van der Waals surface area contributed by atoms with Crippen LogP contribution in [-0.2, 0) is 0 Å². The zero-order chi connectivity index (χ0) is 19.6. The summed E-state index contributed by atoms with van der Waals surface area (Å²) in [5.74, 6) is -1.84. The second-order valence-electron chi connectivity index (χ2n) is 5.78. The first-order chi connectivity index (χ1) is 12.8. The quantitative estimate of drug-likeness (QED) is 0.447. The number of carbonyl (C=O) groups excluding carboxylic acids is 1. The monoisotopic (exact) mass is 425 g/mol.